The molecule has 0 aliphatic heterocycles. The van der Waals surface area contributed by atoms with Gasteiger partial charge in [-0.1, -0.05) is 0 Å². The van der Waals surface area contributed by atoms with Crippen molar-refractivity contribution in [1.29, 1.82) is 0 Å². The van der Waals surface area contributed by atoms with E-state index in [1.54, 1.807) is 11.3 Å². The molecule has 0 fully saturated rings. The Morgan fingerprint density at radius 3 is 3.06 bits per heavy atom. The Kier molecular flexibility index (Phi) is 4.34. The highest BCUT2D eigenvalue weighted by atomic mass is 32.1. The van der Waals surface area contributed by atoms with Gasteiger partial charge in [0.15, 0.2) is 0 Å². The number of thiophene rings is 1. The fourth-order valence-corrected chi connectivity index (χ4v) is 2.62. The minimum Gasteiger partial charge on any atom is -0.310 e. The predicted molar refractivity (Wildman–Crippen MR) is 72.4 cm³/mol. The van der Waals surface area contributed by atoms with Gasteiger partial charge in [-0.15, -0.1) is 0 Å². The van der Waals surface area contributed by atoms with E-state index in [0.29, 0.717) is 6.04 Å². The van der Waals surface area contributed by atoms with Crippen LogP contribution in [0.2, 0.25) is 0 Å². The van der Waals surface area contributed by atoms with Gasteiger partial charge in [-0.05, 0) is 61.2 Å². The van der Waals surface area contributed by atoms with E-state index in [1.165, 1.54) is 16.8 Å². The lowest BCUT2D eigenvalue weighted by molar-refractivity contribution is 0.559. The van der Waals surface area contributed by atoms with E-state index in [1.807, 2.05) is 6.20 Å². The molecule has 4 heteroatoms. The number of nitrogens with one attached hydrogen (secondary N) is 2. The van der Waals surface area contributed by atoms with Gasteiger partial charge in [-0.2, -0.15) is 16.4 Å². The number of hydrogen-bond donors (Lipinski definition) is 2. The van der Waals surface area contributed by atoms with Crippen molar-refractivity contribution in [2.24, 2.45) is 0 Å². The normalized spacial score (nSPS) is 12.8. The van der Waals surface area contributed by atoms with Gasteiger partial charge in [0.25, 0.3) is 0 Å². The lowest BCUT2D eigenvalue weighted by atomic mass is 10.1. The molecule has 2 aromatic heterocycles. The molecule has 2 rings (SSSR count). The van der Waals surface area contributed by atoms with Crippen LogP contribution < -0.4 is 5.32 Å². The summed E-state index contributed by atoms with van der Waals surface area (Å²) in [6, 6.07) is 2.63. The third kappa shape index (κ3) is 3.41. The largest absolute Gasteiger partial charge is 0.310 e. The van der Waals surface area contributed by atoms with E-state index >= 15 is 0 Å². The zero-order valence-corrected chi connectivity index (χ0v) is 11.2. The van der Waals surface area contributed by atoms with Gasteiger partial charge >= 0.3 is 0 Å². The standard InChI is InChI=1S/C13H19N3S/c1-10(13-5-7-17-9-13)14-6-3-4-12-8-15-16-11(12)2/h5,7-10,14H,3-4,6H2,1-2H3,(H,15,16). The molecular formula is C13H19N3S. The van der Waals surface area contributed by atoms with Crippen LogP contribution in [0.3, 0.4) is 0 Å². The number of H-pyrrole nitrogens is 1. The van der Waals surface area contributed by atoms with Crippen molar-refractivity contribution in [2.45, 2.75) is 32.7 Å². The van der Waals surface area contributed by atoms with Gasteiger partial charge < -0.3 is 5.32 Å². The fraction of sp³-hybridized carbons (Fsp3) is 0.462. The quantitative estimate of drug-likeness (QED) is 0.772. The first kappa shape index (κ1) is 12.3. The Bertz CT molecular complexity index is 433. The Morgan fingerprint density at radius 2 is 2.41 bits per heavy atom. The lowest BCUT2D eigenvalue weighted by Crippen LogP contribution is -2.19. The van der Waals surface area contributed by atoms with Crippen LogP contribution in [0.15, 0.2) is 23.0 Å². The van der Waals surface area contributed by atoms with Gasteiger partial charge in [0.2, 0.25) is 0 Å². The zero-order valence-electron chi connectivity index (χ0n) is 10.4. The minimum atomic E-state index is 0.451. The molecule has 0 amide bonds. The first-order chi connectivity index (χ1) is 8.27. The van der Waals surface area contributed by atoms with Crippen LogP contribution in [0.4, 0.5) is 0 Å². The van der Waals surface area contributed by atoms with Crippen LogP contribution in [0.1, 0.15) is 36.2 Å². The average Bonchev–Trinajstić information content (AvgIpc) is 2.96. The maximum absolute atomic E-state index is 4.03. The molecule has 2 heterocycles. The first-order valence-electron chi connectivity index (χ1n) is 6.01. The van der Waals surface area contributed by atoms with Gasteiger partial charge in [0, 0.05) is 11.7 Å². The van der Waals surface area contributed by atoms with E-state index in [-0.39, 0.29) is 0 Å². The molecule has 2 N–H and O–H groups in total. The molecular weight excluding hydrogens is 230 g/mol. The number of hydrogen-bond acceptors (Lipinski definition) is 3. The number of aromatic amines is 1. The molecule has 2 aromatic rings. The molecule has 3 nitrogen and oxygen atoms in total. The monoisotopic (exact) mass is 249 g/mol. The summed E-state index contributed by atoms with van der Waals surface area (Å²) >= 11 is 1.75. The minimum absolute atomic E-state index is 0.451. The van der Waals surface area contributed by atoms with Crippen LogP contribution >= 0.6 is 11.3 Å². The average molecular weight is 249 g/mol. The van der Waals surface area contributed by atoms with E-state index in [0.717, 1.165) is 19.4 Å². The zero-order chi connectivity index (χ0) is 12.1. The Labute approximate surface area is 106 Å². The Hall–Kier alpha value is -1.13. The van der Waals surface area contributed by atoms with E-state index in [2.05, 4.69) is 46.2 Å². The number of aromatic nitrogens is 2. The molecule has 0 saturated carbocycles. The maximum Gasteiger partial charge on any atom is 0.0522 e. The van der Waals surface area contributed by atoms with E-state index < -0.39 is 0 Å². The fourth-order valence-electron chi connectivity index (χ4n) is 1.86. The van der Waals surface area contributed by atoms with Crippen LogP contribution in [0, 0.1) is 6.92 Å². The van der Waals surface area contributed by atoms with Crippen molar-refractivity contribution in [2.75, 3.05) is 6.54 Å². The smallest absolute Gasteiger partial charge is 0.0522 e. The molecule has 0 spiro atoms. The highest BCUT2D eigenvalue weighted by molar-refractivity contribution is 7.07. The Morgan fingerprint density at radius 1 is 1.53 bits per heavy atom. The summed E-state index contributed by atoms with van der Waals surface area (Å²) < 4.78 is 0. The van der Waals surface area contributed by atoms with E-state index in [4.69, 9.17) is 0 Å². The molecule has 0 aromatic carbocycles. The number of aryl methyl sites for hydroxylation is 2. The number of nitrogens with zero attached hydrogens (tertiary/aromatic N) is 1. The second-order valence-corrected chi connectivity index (χ2v) is 5.14. The highest BCUT2D eigenvalue weighted by Crippen LogP contribution is 2.15. The van der Waals surface area contributed by atoms with Crippen molar-refractivity contribution in [1.82, 2.24) is 15.5 Å². The van der Waals surface area contributed by atoms with Gasteiger partial charge in [-0.25, -0.2) is 0 Å². The van der Waals surface area contributed by atoms with Crippen LogP contribution in [-0.4, -0.2) is 16.7 Å². The second kappa shape index (κ2) is 5.98. The molecule has 1 unspecified atom stereocenters. The first-order valence-corrected chi connectivity index (χ1v) is 6.96. The molecule has 0 saturated heterocycles. The maximum atomic E-state index is 4.03. The van der Waals surface area contributed by atoms with Crippen LogP contribution in [0.5, 0.6) is 0 Å². The van der Waals surface area contributed by atoms with Crippen LogP contribution in [-0.2, 0) is 6.42 Å². The van der Waals surface area contributed by atoms with Crippen molar-refractivity contribution in [3.8, 4) is 0 Å². The SMILES string of the molecule is Cc1[nH]ncc1CCCNC(C)c1ccsc1. The van der Waals surface area contributed by atoms with Crippen LogP contribution in [0.25, 0.3) is 0 Å². The van der Waals surface area contributed by atoms with Crippen molar-refractivity contribution < 1.29 is 0 Å². The number of rotatable bonds is 6. The van der Waals surface area contributed by atoms with Crippen molar-refractivity contribution in [3.05, 3.63) is 39.8 Å². The molecule has 0 radical (unpaired) electrons. The summed E-state index contributed by atoms with van der Waals surface area (Å²) in [6.45, 7) is 5.33. The van der Waals surface area contributed by atoms with Crippen molar-refractivity contribution in [3.63, 3.8) is 0 Å². The van der Waals surface area contributed by atoms with Gasteiger partial charge in [0.1, 0.15) is 0 Å². The predicted octanol–water partition coefficient (Wildman–Crippen LogP) is 3.06. The molecule has 17 heavy (non-hydrogen) atoms. The summed E-state index contributed by atoms with van der Waals surface area (Å²) in [5.41, 5.74) is 3.90. The molecule has 1 atom stereocenters. The summed E-state index contributed by atoms with van der Waals surface area (Å²) in [4.78, 5) is 0. The third-order valence-corrected chi connectivity index (χ3v) is 3.75. The molecule has 0 bridgehead atoms. The summed E-state index contributed by atoms with van der Waals surface area (Å²) in [5, 5.41) is 14.9. The molecule has 0 aliphatic carbocycles. The van der Waals surface area contributed by atoms with Gasteiger partial charge in [0.05, 0.1) is 6.20 Å². The lowest BCUT2D eigenvalue weighted by Gasteiger charge is -2.11. The Balaban J connectivity index is 1.68. The van der Waals surface area contributed by atoms with E-state index in [9.17, 15) is 0 Å². The molecule has 0 aliphatic rings. The van der Waals surface area contributed by atoms with Crippen molar-refractivity contribution >= 4 is 11.3 Å². The summed E-state index contributed by atoms with van der Waals surface area (Å²) in [6.07, 6.45) is 4.16. The second-order valence-electron chi connectivity index (χ2n) is 4.36. The van der Waals surface area contributed by atoms with Gasteiger partial charge in [-0.3, -0.25) is 5.10 Å². The summed E-state index contributed by atoms with van der Waals surface area (Å²) in [5.74, 6) is 0. The molecule has 92 valence electrons. The third-order valence-electron chi connectivity index (χ3n) is 3.05. The summed E-state index contributed by atoms with van der Waals surface area (Å²) in [7, 11) is 0. The highest BCUT2D eigenvalue weighted by Gasteiger charge is 2.04. The topological polar surface area (TPSA) is 40.7 Å².